The van der Waals surface area contributed by atoms with E-state index >= 15 is 0 Å². The fraction of sp³-hybridized carbons (Fsp3) is 0.455. The number of hydrogen-bond donors (Lipinski definition) is 3. The van der Waals surface area contributed by atoms with Crippen LogP contribution in [0.4, 0.5) is 5.95 Å². The van der Waals surface area contributed by atoms with E-state index in [0.717, 1.165) is 11.3 Å². The molecule has 0 aliphatic rings. The first-order chi connectivity index (χ1) is 8.08. The summed E-state index contributed by atoms with van der Waals surface area (Å²) in [5.41, 5.74) is 7.52. The van der Waals surface area contributed by atoms with Crippen LogP contribution in [0.15, 0.2) is 18.2 Å². The first-order valence-corrected chi connectivity index (χ1v) is 5.58. The number of nitrogens with zero attached hydrogens (tertiary/aromatic N) is 3. The fourth-order valence-corrected chi connectivity index (χ4v) is 1.49. The van der Waals surface area contributed by atoms with E-state index in [4.69, 9.17) is 5.73 Å². The molecule has 2 aromatic heterocycles. The minimum absolute atomic E-state index is 0.331. The molecule has 2 rings (SSSR count). The predicted octanol–water partition coefficient (Wildman–Crippen LogP) is 0.158. The largest absolute Gasteiger partial charge is 0.392 e. The molecular weight excluding hydrogens is 218 g/mol. The maximum atomic E-state index is 9.27. The summed E-state index contributed by atoms with van der Waals surface area (Å²) in [6.45, 7) is 4.06. The molecule has 0 aromatic carbocycles. The Hall–Kier alpha value is -1.66. The van der Waals surface area contributed by atoms with Crippen LogP contribution in [0.3, 0.4) is 0 Å². The summed E-state index contributed by atoms with van der Waals surface area (Å²) < 4.78 is 1.76. The number of aromatic nitrogens is 3. The Balaban J connectivity index is 2.12. The second-order valence-electron chi connectivity index (χ2n) is 4.16. The molecule has 2 heterocycles. The van der Waals surface area contributed by atoms with Gasteiger partial charge in [-0.15, -0.1) is 5.10 Å². The molecule has 17 heavy (non-hydrogen) atoms. The number of aliphatic hydroxyl groups excluding tert-OH is 1. The Labute approximate surface area is 99.5 Å². The Bertz CT molecular complexity index is 508. The number of pyridine rings is 1. The quantitative estimate of drug-likeness (QED) is 0.702. The van der Waals surface area contributed by atoms with Gasteiger partial charge in [-0.1, -0.05) is 6.07 Å². The lowest BCUT2D eigenvalue weighted by molar-refractivity contribution is 0.168. The molecule has 2 aromatic rings. The van der Waals surface area contributed by atoms with E-state index in [9.17, 15) is 5.11 Å². The van der Waals surface area contributed by atoms with Crippen molar-refractivity contribution in [2.45, 2.75) is 26.0 Å². The Morgan fingerprint density at radius 1 is 1.53 bits per heavy atom. The van der Waals surface area contributed by atoms with Crippen LogP contribution in [0.25, 0.3) is 5.65 Å². The molecule has 4 N–H and O–H groups in total. The van der Waals surface area contributed by atoms with Crippen LogP contribution in [-0.4, -0.2) is 38.4 Å². The van der Waals surface area contributed by atoms with E-state index in [1.54, 1.807) is 11.4 Å². The zero-order valence-corrected chi connectivity index (χ0v) is 9.96. The molecule has 0 saturated carbocycles. The number of hydrogen-bond acceptors (Lipinski definition) is 5. The van der Waals surface area contributed by atoms with Crippen molar-refractivity contribution in [3.05, 3.63) is 23.9 Å². The topological polar surface area (TPSA) is 88.5 Å². The van der Waals surface area contributed by atoms with Crippen molar-refractivity contribution in [2.24, 2.45) is 5.73 Å². The van der Waals surface area contributed by atoms with Gasteiger partial charge in [0.25, 0.3) is 0 Å². The molecule has 2 atom stereocenters. The molecule has 0 saturated heterocycles. The summed E-state index contributed by atoms with van der Waals surface area (Å²) in [5.74, 6) is 0.524. The monoisotopic (exact) mass is 235 g/mol. The molecule has 0 radical (unpaired) electrons. The van der Waals surface area contributed by atoms with Crippen molar-refractivity contribution >= 4 is 11.6 Å². The number of aryl methyl sites for hydroxylation is 1. The highest BCUT2D eigenvalue weighted by molar-refractivity contribution is 5.44. The van der Waals surface area contributed by atoms with Gasteiger partial charge in [-0.2, -0.15) is 4.98 Å². The number of anilines is 1. The minimum atomic E-state index is -0.554. The summed E-state index contributed by atoms with van der Waals surface area (Å²) >= 11 is 0. The molecule has 0 aliphatic heterocycles. The van der Waals surface area contributed by atoms with Gasteiger partial charge in [0.15, 0.2) is 5.65 Å². The predicted molar refractivity (Wildman–Crippen MR) is 65.9 cm³/mol. The van der Waals surface area contributed by atoms with E-state index in [1.807, 2.05) is 25.1 Å². The van der Waals surface area contributed by atoms with Crippen LogP contribution >= 0.6 is 0 Å². The third-order valence-electron chi connectivity index (χ3n) is 2.66. The highest BCUT2D eigenvalue weighted by atomic mass is 16.3. The summed E-state index contributed by atoms with van der Waals surface area (Å²) in [6, 6.07) is 5.46. The highest BCUT2D eigenvalue weighted by Crippen LogP contribution is 2.07. The maximum Gasteiger partial charge on any atom is 0.243 e. The van der Waals surface area contributed by atoms with Crippen LogP contribution in [-0.2, 0) is 0 Å². The maximum absolute atomic E-state index is 9.27. The molecule has 0 aliphatic carbocycles. The zero-order chi connectivity index (χ0) is 12.4. The molecule has 0 amide bonds. The smallest absolute Gasteiger partial charge is 0.243 e. The summed E-state index contributed by atoms with van der Waals surface area (Å²) in [7, 11) is 0. The minimum Gasteiger partial charge on any atom is -0.392 e. The SMILES string of the molecule is Cc1cccc2nc(NCC(N)C(C)O)nn12. The molecule has 2 unspecified atom stereocenters. The second-order valence-corrected chi connectivity index (χ2v) is 4.16. The lowest BCUT2D eigenvalue weighted by Crippen LogP contribution is -2.38. The van der Waals surface area contributed by atoms with Crippen molar-refractivity contribution in [1.29, 1.82) is 0 Å². The van der Waals surface area contributed by atoms with Gasteiger partial charge in [-0.05, 0) is 26.0 Å². The molecule has 6 nitrogen and oxygen atoms in total. The molecule has 6 heteroatoms. The highest BCUT2D eigenvalue weighted by Gasteiger charge is 2.10. The van der Waals surface area contributed by atoms with E-state index in [-0.39, 0.29) is 6.04 Å². The molecule has 0 bridgehead atoms. The molecule has 92 valence electrons. The van der Waals surface area contributed by atoms with Crippen LogP contribution in [0.2, 0.25) is 0 Å². The number of fused-ring (bicyclic) bond motifs is 1. The normalized spacial score (nSPS) is 14.8. The van der Waals surface area contributed by atoms with Gasteiger partial charge < -0.3 is 16.2 Å². The number of nitrogens with two attached hydrogens (primary N) is 1. The van der Waals surface area contributed by atoms with Gasteiger partial charge in [-0.25, -0.2) is 4.52 Å². The number of rotatable bonds is 4. The van der Waals surface area contributed by atoms with E-state index in [2.05, 4.69) is 15.4 Å². The van der Waals surface area contributed by atoms with Gasteiger partial charge in [0.1, 0.15) is 0 Å². The fourth-order valence-electron chi connectivity index (χ4n) is 1.49. The van der Waals surface area contributed by atoms with E-state index < -0.39 is 6.10 Å². The van der Waals surface area contributed by atoms with E-state index in [0.29, 0.717) is 12.5 Å². The van der Waals surface area contributed by atoms with Crippen molar-refractivity contribution in [1.82, 2.24) is 14.6 Å². The van der Waals surface area contributed by atoms with Crippen LogP contribution < -0.4 is 11.1 Å². The van der Waals surface area contributed by atoms with E-state index in [1.165, 1.54) is 0 Å². The van der Waals surface area contributed by atoms with Crippen LogP contribution in [0.5, 0.6) is 0 Å². The number of aliphatic hydroxyl groups is 1. The van der Waals surface area contributed by atoms with Crippen LogP contribution in [0, 0.1) is 6.92 Å². The van der Waals surface area contributed by atoms with Gasteiger partial charge in [0.05, 0.1) is 6.10 Å². The van der Waals surface area contributed by atoms with Crippen molar-refractivity contribution in [2.75, 3.05) is 11.9 Å². The zero-order valence-electron chi connectivity index (χ0n) is 9.96. The Morgan fingerprint density at radius 3 is 2.94 bits per heavy atom. The number of nitrogens with one attached hydrogen (secondary N) is 1. The van der Waals surface area contributed by atoms with Crippen molar-refractivity contribution in [3.8, 4) is 0 Å². The third kappa shape index (κ3) is 2.54. The summed E-state index contributed by atoms with van der Waals surface area (Å²) in [6.07, 6.45) is -0.554. The average Bonchev–Trinajstić information content (AvgIpc) is 2.70. The molecular formula is C11H17N5O. The molecule has 0 spiro atoms. The van der Waals surface area contributed by atoms with Gasteiger partial charge in [-0.3, -0.25) is 0 Å². The Kier molecular flexibility index (Phi) is 3.26. The first kappa shape index (κ1) is 11.8. The van der Waals surface area contributed by atoms with Crippen molar-refractivity contribution < 1.29 is 5.11 Å². The van der Waals surface area contributed by atoms with Crippen molar-refractivity contribution in [3.63, 3.8) is 0 Å². The van der Waals surface area contributed by atoms with Crippen LogP contribution in [0.1, 0.15) is 12.6 Å². The average molecular weight is 235 g/mol. The summed E-state index contributed by atoms with van der Waals surface area (Å²) in [4.78, 5) is 4.31. The third-order valence-corrected chi connectivity index (χ3v) is 2.66. The lowest BCUT2D eigenvalue weighted by atomic mass is 10.2. The van der Waals surface area contributed by atoms with Gasteiger partial charge in [0, 0.05) is 18.3 Å². The molecule has 0 fully saturated rings. The lowest BCUT2D eigenvalue weighted by Gasteiger charge is -2.13. The summed E-state index contributed by atoms with van der Waals surface area (Å²) in [5, 5.41) is 16.6. The van der Waals surface area contributed by atoms with Gasteiger partial charge in [0.2, 0.25) is 5.95 Å². The van der Waals surface area contributed by atoms with Gasteiger partial charge >= 0.3 is 0 Å². The standard InChI is InChI=1S/C11H17N5O/c1-7-4-3-5-10-14-11(15-16(7)10)13-6-9(12)8(2)17/h3-5,8-9,17H,6,12H2,1-2H3,(H,13,15). The first-order valence-electron chi connectivity index (χ1n) is 5.58. The Morgan fingerprint density at radius 2 is 2.29 bits per heavy atom. The second kappa shape index (κ2) is 4.68.